The maximum absolute atomic E-state index is 11.8. The van der Waals surface area contributed by atoms with E-state index in [0.717, 1.165) is 0 Å². The predicted molar refractivity (Wildman–Crippen MR) is 66.3 cm³/mol. The third-order valence-electron chi connectivity index (χ3n) is 2.60. The molecule has 5 heteroatoms. The summed E-state index contributed by atoms with van der Waals surface area (Å²) < 4.78 is 0. The number of fused-ring (bicyclic) bond motifs is 1. The van der Waals surface area contributed by atoms with Gasteiger partial charge in [0.05, 0.1) is 11.3 Å². The minimum absolute atomic E-state index is 0.260. The van der Waals surface area contributed by atoms with Gasteiger partial charge in [-0.05, 0) is 23.8 Å². The Morgan fingerprint density at radius 3 is 2.76 bits per heavy atom. The van der Waals surface area contributed by atoms with E-state index in [1.165, 1.54) is 11.0 Å². The van der Waals surface area contributed by atoms with E-state index in [2.05, 4.69) is 6.58 Å². The van der Waals surface area contributed by atoms with Crippen LogP contribution in [-0.2, 0) is 4.79 Å². The van der Waals surface area contributed by atoms with Crippen molar-refractivity contribution in [3.63, 3.8) is 0 Å². The van der Waals surface area contributed by atoms with Crippen LogP contribution in [0.25, 0.3) is 0 Å². The number of ketones is 1. The molecule has 1 heterocycles. The molecule has 1 aliphatic rings. The van der Waals surface area contributed by atoms with Crippen molar-refractivity contribution in [2.24, 2.45) is 5.73 Å². The van der Waals surface area contributed by atoms with Crippen molar-refractivity contribution in [1.29, 1.82) is 0 Å². The second-order valence-electron chi connectivity index (χ2n) is 3.84. The van der Waals surface area contributed by atoms with E-state index in [1.807, 2.05) is 0 Å². The van der Waals surface area contributed by atoms with E-state index in [9.17, 15) is 9.59 Å². The summed E-state index contributed by atoms with van der Waals surface area (Å²) in [5, 5.41) is 0.435. The Hall–Kier alpha value is -1.65. The standard InChI is InChI=1S/C12H11ClN2O2/c1-7(5-14)6-15-10-3-2-8(13)4-9(10)11(16)12(15)17/h2-4H,1,5-6,14H2. The number of hydrogen-bond acceptors (Lipinski definition) is 3. The monoisotopic (exact) mass is 250 g/mol. The molecular weight excluding hydrogens is 240 g/mol. The third kappa shape index (κ3) is 1.97. The fourth-order valence-corrected chi connectivity index (χ4v) is 1.89. The summed E-state index contributed by atoms with van der Waals surface area (Å²) >= 11 is 5.80. The molecule has 1 aliphatic heterocycles. The van der Waals surface area contributed by atoms with Crippen molar-refractivity contribution in [3.8, 4) is 0 Å². The number of carbonyl (C=O) groups is 2. The van der Waals surface area contributed by atoms with Crippen LogP contribution < -0.4 is 10.6 Å². The Morgan fingerprint density at radius 1 is 1.41 bits per heavy atom. The Morgan fingerprint density at radius 2 is 2.12 bits per heavy atom. The van der Waals surface area contributed by atoms with Crippen LogP contribution in [0.3, 0.4) is 0 Å². The molecule has 17 heavy (non-hydrogen) atoms. The number of halogens is 1. The molecule has 0 radical (unpaired) electrons. The molecule has 1 amide bonds. The first-order valence-electron chi connectivity index (χ1n) is 5.07. The number of amides is 1. The van der Waals surface area contributed by atoms with Crippen molar-refractivity contribution < 1.29 is 9.59 Å². The Balaban J connectivity index is 2.41. The Kier molecular flexibility index (Phi) is 3.00. The highest BCUT2D eigenvalue weighted by Crippen LogP contribution is 2.31. The van der Waals surface area contributed by atoms with Gasteiger partial charge in [-0.15, -0.1) is 0 Å². The Bertz CT molecular complexity index is 525. The van der Waals surface area contributed by atoms with Gasteiger partial charge >= 0.3 is 0 Å². The lowest BCUT2D eigenvalue weighted by molar-refractivity contribution is -0.114. The maximum Gasteiger partial charge on any atom is 0.299 e. The first kappa shape index (κ1) is 11.8. The molecule has 0 atom stereocenters. The van der Waals surface area contributed by atoms with Crippen LogP contribution in [0.15, 0.2) is 30.4 Å². The molecule has 4 nitrogen and oxygen atoms in total. The molecule has 2 rings (SSSR count). The molecule has 1 aromatic carbocycles. The maximum atomic E-state index is 11.8. The SMILES string of the molecule is C=C(CN)CN1C(=O)C(=O)c2cc(Cl)ccc21. The second-order valence-corrected chi connectivity index (χ2v) is 4.27. The van der Waals surface area contributed by atoms with E-state index < -0.39 is 11.7 Å². The molecule has 0 unspecified atom stereocenters. The van der Waals surface area contributed by atoms with Crippen LogP contribution in [0.1, 0.15) is 10.4 Å². The van der Waals surface area contributed by atoms with Gasteiger partial charge in [0, 0.05) is 18.1 Å². The molecule has 0 fully saturated rings. The van der Waals surface area contributed by atoms with Crippen molar-refractivity contribution in [1.82, 2.24) is 0 Å². The van der Waals surface area contributed by atoms with Crippen LogP contribution in [0.4, 0.5) is 5.69 Å². The number of hydrogen-bond donors (Lipinski definition) is 1. The van der Waals surface area contributed by atoms with Crippen LogP contribution in [-0.4, -0.2) is 24.8 Å². The normalized spacial score (nSPS) is 14.1. The van der Waals surface area contributed by atoms with E-state index in [0.29, 0.717) is 21.8 Å². The molecule has 0 bridgehead atoms. The zero-order valence-electron chi connectivity index (χ0n) is 9.07. The first-order valence-corrected chi connectivity index (χ1v) is 5.45. The number of rotatable bonds is 3. The first-order chi connectivity index (χ1) is 8.04. The molecule has 88 valence electrons. The largest absolute Gasteiger partial charge is 0.327 e. The van der Waals surface area contributed by atoms with Crippen LogP contribution >= 0.6 is 11.6 Å². The fraction of sp³-hybridized carbons (Fsp3) is 0.167. The predicted octanol–water partition coefficient (Wildman–Crippen LogP) is 1.38. The smallest absolute Gasteiger partial charge is 0.299 e. The van der Waals surface area contributed by atoms with Crippen molar-refractivity contribution in [2.45, 2.75) is 0 Å². The summed E-state index contributed by atoms with van der Waals surface area (Å²) in [6, 6.07) is 4.80. The summed E-state index contributed by atoms with van der Waals surface area (Å²) in [4.78, 5) is 24.9. The number of Topliss-reactive ketones (excluding diaryl/α,β-unsaturated/α-hetero) is 1. The highest BCUT2D eigenvalue weighted by molar-refractivity contribution is 6.52. The molecule has 0 saturated heterocycles. The third-order valence-corrected chi connectivity index (χ3v) is 2.84. The summed E-state index contributed by atoms with van der Waals surface area (Å²) in [5.74, 6) is -1.09. The minimum Gasteiger partial charge on any atom is -0.327 e. The topological polar surface area (TPSA) is 63.4 Å². The molecular formula is C12H11ClN2O2. The number of carbonyl (C=O) groups excluding carboxylic acids is 2. The number of benzene rings is 1. The average Bonchev–Trinajstić information content (AvgIpc) is 2.54. The van der Waals surface area contributed by atoms with Gasteiger partial charge < -0.3 is 10.6 Å². The van der Waals surface area contributed by atoms with Gasteiger partial charge in [-0.1, -0.05) is 18.2 Å². The lowest BCUT2D eigenvalue weighted by atomic mass is 10.1. The summed E-state index contributed by atoms with van der Waals surface area (Å²) in [6.45, 7) is 4.27. The van der Waals surface area contributed by atoms with Gasteiger partial charge in [0.2, 0.25) is 0 Å². The highest BCUT2D eigenvalue weighted by atomic mass is 35.5. The van der Waals surface area contributed by atoms with Crippen molar-refractivity contribution in [2.75, 3.05) is 18.0 Å². The van der Waals surface area contributed by atoms with Crippen molar-refractivity contribution in [3.05, 3.63) is 40.9 Å². The van der Waals surface area contributed by atoms with Crippen LogP contribution in [0.2, 0.25) is 5.02 Å². The average molecular weight is 251 g/mol. The number of nitrogens with zero attached hydrogens (tertiary/aromatic N) is 1. The molecule has 0 saturated carbocycles. The zero-order valence-corrected chi connectivity index (χ0v) is 9.83. The fourth-order valence-electron chi connectivity index (χ4n) is 1.72. The van der Waals surface area contributed by atoms with Crippen molar-refractivity contribution >= 4 is 29.0 Å². The lowest BCUT2D eigenvalue weighted by Crippen LogP contribution is -2.32. The summed E-state index contributed by atoms with van der Waals surface area (Å²) in [5.41, 5.74) is 7.03. The van der Waals surface area contributed by atoms with Gasteiger partial charge in [-0.3, -0.25) is 9.59 Å². The van der Waals surface area contributed by atoms with Gasteiger partial charge in [0.15, 0.2) is 0 Å². The second kappa shape index (κ2) is 4.31. The number of nitrogens with two attached hydrogens (primary N) is 1. The Labute approximate surface area is 104 Å². The van der Waals surface area contributed by atoms with Crippen LogP contribution in [0, 0.1) is 0 Å². The minimum atomic E-state index is -0.558. The molecule has 1 aromatic rings. The zero-order chi connectivity index (χ0) is 12.6. The summed E-state index contributed by atoms with van der Waals surface area (Å²) in [6.07, 6.45) is 0. The van der Waals surface area contributed by atoms with E-state index in [-0.39, 0.29) is 13.1 Å². The van der Waals surface area contributed by atoms with Crippen LogP contribution in [0.5, 0.6) is 0 Å². The van der Waals surface area contributed by atoms with Gasteiger partial charge in [0.1, 0.15) is 0 Å². The summed E-state index contributed by atoms with van der Waals surface area (Å²) in [7, 11) is 0. The number of anilines is 1. The molecule has 0 aliphatic carbocycles. The van der Waals surface area contributed by atoms with E-state index in [1.54, 1.807) is 12.1 Å². The molecule has 0 spiro atoms. The quantitative estimate of drug-likeness (QED) is 0.651. The highest BCUT2D eigenvalue weighted by Gasteiger charge is 2.35. The van der Waals surface area contributed by atoms with Gasteiger partial charge in [-0.2, -0.15) is 0 Å². The van der Waals surface area contributed by atoms with Gasteiger partial charge in [-0.25, -0.2) is 0 Å². The lowest BCUT2D eigenvalue weighted by Gasteiger charge is -2.17. The van der Waals surface area contributed by atoms with E-state index in [4.69, 9.17) is 17.3 Å². The van der Waals surface area contributed by atoms with E-state index >= 15 is 0 Å². The van der Waals surface area contributed by atoms with Gasteiger partial charge in [0.25, 0.3) is 11.7 Å². The molecule has 2 N–H and O–H groups in total. The molecule has 0 aromatic heterocycles.